The van der Waals surface area contributed by atoms with Gasteiger partial charge in [-0.2, -0.15) is 0 Å². The van der Waals surface area contributed by atoms with Crippen molar-refractivity contribution in [3.63, 3.8) is 0 Å². The van der Waals surface area contributed by atoms with E-state index in [1.807, 2.05) is 4.90 Å². The average molecular weight is 395 g/mol. The molecule has 1 aromatic heterocycles. The molecule has 0 bridgehead atoms. The van der Waals surface area contributed by atoms with Crippen LogP contribution in [0.4, 0.5) is 5.69 Å². The van der Waals surface area contributed by atoms with Crippen molar-refractivity contribution in [2.24, 2.45) is 17.6 Å². The van der Waals surface area contributed by atoms with E-state index < -0.39 is 4.92 Å². The number of amides is 1. The molecule has 0 radical (unpaired) electrons. The van der Waals surface area contributed by atoms with Crippen LogP contribution in [-0.4, -0.2) is 39.8 Å². The van der Waals surface area contributed by atoms with Gasteiger partial charge in [-0.05, 0) is 24.7 Å². The standard InChI is InChI=1S/C17H18N4O3S.ClH/c18-14-5-4-11-7-20(8-13(11)14)17(22)15-9-25-16(19-15)10-2-1-3-12(6-10)21(23)24;/h1-3,6,9,11,13-14H,4-5,7-8,18H2;1H. The highest BCUT2D eigenvalue weighted by molar-refractivity contribution is 7.13. The molecular weight excluding hydrogens is 376 g/mol. The third-order valence-electron chi connectivity index (χ3n) is 5.23. The molecule has 0 spiro atoms. The second-order valence-electron chi connectivity index (χ2n) is 6.72. The van der Waals surface area contributed by atoms with E-state index in [1.165, 1.54) is 23.5 Å². The Bertz CT molecular complexity index is 843. The number of carbonyl (C=O) groups is 1. The second kappa shape index (κ2) is 7.30. The normalized spacial score (nSPS) is 24.2. The Kier molecular flexibility index (Phi) is 5.27. The van der Waals surface area contributed by atoms with Gasteiger partial charge in [0.1, 0.15) is 10.7 Å². The van der Waals surface area contributed by atoms with Gasteiger partial charge in [0.15, 0.2) is 0 Å². The van der Waals surface area contributed by atoms with Gasteiger partial charge in [0.25, 0.3) is 11.6 Å². The van der Waals surface area contributed by atoms with E-state index >= 15 is 0 Å². The van der Waals surface area contributed by atoms with E-state index in [0.29, 0.717) is 34.6 Å². The zero-order valence-electron chi connectivity index (χ0n) is 13.9. The van der Waals surface area contributed by atoms with Gasteiger partial charge < -0.3 is 10.6 Å². The summed E-state index contributed by atoms with van der Waals surface area (Å²) in [4.78, 5) is 29.5. The predicted molar refractivity (Wildman–Crippen MR) is 102 cm³/mol. The van der Waals surface area contributed by atoms with Crippen LogP contribution in [0.1, 0.15) is 23.3 Å². The van der Waals surface area contributed by atoms with Crippen molar-refractivity contribution >= 4 is 35.3 Å². The molecule has 7 nitrogen and oxygen atoms in total. The third-order valence-corrected chi connectivity index (χ3v) is 6.12. The van der Waals surface area contributed by atoms with Crippen molar-refractivity contribution in [2.75, 3.05) is 13.1 Å². The van der Waals surface area contributed by atoms with Gasteiger partial charge in [-0.25, -0.2) is 4.98 Å². The molecule has 3 unspecified atom stereocenters. The Balaban J connectivity index is 0.00000196. The number of likely N-dealkylation sites (tertiary alicyclic amines) is 1. The molecule has 3 atom stereocenters. The van der Waals surface area contributed by atoms with Gasteiger partial charge in [-0.1, -0.05) is 12.1 Å². The van der Waals surface area contributed by atoms with Crippen LogP contribution in [-0.2, 0) is 0 Å². The van der Waals surface area contributed by atoms with Crippen molar-refractivity contribution in [2.45, 2.75) is 18.9 Å². The van der Waals surface area contributed by atoms with Gasteiger partial charge in [0.05, 0.1) is 4.92 Å². The number of rotatable bonds is 3. The lowest BCUT2D eigenvalue weighted by molar-refractivity contribution is -0.384. The molecule has 138 valence electrons. The molecule has 2 fully saturated rings. The molecule has 1 saturated carbocycles. The highest BCUT2D eigenvalue weighted by Gasteiger charge is 2.42. The molecule has 2 aliphatic rings. The fourth-order valence-corrected chi connectivity index (χ4v) is 4.68. The van der Waals surface area contributed by atoms with E-state index in [1.54, 1.807) is 17.5 Å². The van der Waals surface area contributed by atoms with Crippen molar-refractivity contribution in [3.05, 3.63) is 45.5 Å². The van der Waals surface area contributed by atoms with Crippen molar-refractivity contribution in [3.8, 4) is 10.6 Å². The maximum absolute atomic E-state index is 12.7. The molecule has 4 rings (SSSR count). The topological polar surface area (TPSA) is 102 Å². The maximum Gasteiger partial charge on any atom is 0.273 e. The summed E-state index contributed by atoms with van der Waals surface area (Å²) >= 11 is 1.33. The highest BCUT2D eigenvalue weighted by atomic mass is 35.5. The van der Waals surface area contributed by atoms with Crippen LogP contribution in [0.2, 0.25) is 0 Å². The van der Waals surface area contributed by atoms with Crippen LogP contribution in [0, 0.1) is 22.0 Å². The summed E-state index contributed by atoms with van der Waals surface area (Å²) in [5.74, 6) is 0.835. The first-order chi connectivity index (χ1) is 12.0. The average Bonchev–Trinajstić information content (AvgIpc) is 3.32. The number of carbonyl (C=O) groups excluding carboxylic acids is 1. The van der Waals surface area contributed by atoms with Crippen LogP contribution in [0.5, 0.6) is 0 Å². The number of thiazole rings is 1. The lowest BCUT2D eigenvalue weighted by atomic mass is 9.98. The minimum absolute atomic E-state index is 0. The number of aromatic nitrogens is 1. The Morgan fingerprint density at radius 3 is 2.88 bits per heavy atom. The molecule has 1 saturated heterocycles. The number of halogens is 1. The monoisotopic (exact) mass is 394 g/mol. The molecular formula is C17H19ClN4O3S. The Morgan fingerprint density at radius 2 is 2.15 bits per heavy atom. The van der Waals surface area contributed by atoms with Crippen LogP contribution in [0.15, 0.2) is 29.6 Å². The molecule has 1 amide bonds. The van der Waals surface area contributed by atoms with Crippen LogP contribution in [0.3, 0.4) is 0 Å². The number of non-ortho nitro benzene ring substituents is 1. The summed E-state index contributed by atoms with van der Waals surface area (Å²) < 4.78 is 0. The number of nitro benzene ring substituents is 1. The summed E-state index contributed by atoms with van der Waals surface area (Å²) in [7, 11) is 0. The largest absolute Gasteiger partial charge is 0.337 e. The first-order valence-electron chi connectivity index (χ1n) is 8.28. The zero-order chi connectivity index (χ0) is 17.6. The lowest BCUT2D eigenvalue weighted by Gasteiger charge is -2.17. The maximum atomic E-state index is 12.7. The smallest absolute Gasteiger partial charge is 0.273 e. The zero-order valence-corrected chi connectivity index (χ0v) is 15.5. The van der Waals surface area contributed by atoms with Gasteiger partial charge in [0, 0.05) is 42.2 Å². The SMILES string of the molecule is Cl.NC1CCC2CN(C(=O)c3csc(-c4cccc([N+](=O)[O-])c4)n3)CC12. The summed E-state index contributed by atoms with van der Waals surface area (Å²) in [6.45, 7) is 1.45. The number of fused-ring (bicyclic) bond motifs is 1. The van der Waals surface area contributed by atoms with Gasteiger partial charge in [-0.3, -0.25) is 14.9 Å². The quantitative estimate of drug-likeness (QED) is 0.636. The summed E-state index contributed by atoms with van der Waals surface area (Å²) in [5, 5.41) is 13.3. The first-order valence-corrected chi connectivity index (χ1v) is 9.16. The molecule has 2 heterocycles. The fraction of sp³-hybridized carbons (Fsp3) is 0.412. The number of nitrogens with zero attached hydrogens (tertiary/aromatic N) is 3. The van der Waals surface area contributed by atoms with Crippen molar-refractivity contribution in [1.29, 1.82) is 0 Å². The van der Waals surface area contributed by atoms with E-state index in [-0.39, 0.29) is 30.0 Å². The number of hydrogen-bond acceptors (Lipinski definition) is 6. The summed E-state index contributed by atoms with van der Waals surface area (Å²) in [6, 6.07) is 6.50. The lowest BCUT2D eigenvalue weighted by Crippen LogP contribution is -2.33. The summed E-state index contributed by atoms with van der Waals surface area (Å²) in [6.07, 6.45) is 2.14. The van der Waals surface area contributed by atoms with Crippen molar-refractivity contribution in [1.82, 2.24) is 9.88 Å². The Labute approximate surface area is 160 Å². The number of hydrogen-bond donors (Lipinski definition) is 1. The molecule has 1 aliphatic heterocycles. The molecule has 26 heavy (non-hydrogen) atoms. The number of nitrogens with two attached hydrogens (primary N) is 1. The second-order valence-corrected chi connectivity index (χ2v) is 7.58. The fourth-order valence-electron chi connectivity index (χ4n) is 3.89. The molecule has 2 aromatic rings. The highest BCUT2D eigenvalue weighted by Crippen LogP contribution is 2.38. The minimum atomic E-state index is -0.435. The van der Waals surface area contributed by atoms with E-state index in [9.17, 15) is 14.9 Å². The third kappa shape index (κ3) is 3.32. The first kappa shape index (κ1) is 18.8. The Hall–Kier alpha value is -2.03. The molecule has 9 heteroatoms. The molecule has 1 aliphatic carbocycles. The Morgan fingerprint density at radius 1 is 1.35 bits per heavy atom. The van der Waals surface area contributed by atoms with Crippen LogP contribution >= 0.6 is 23.7 Å². The molecule has 2 N–H and O–H groups in total. The number of benzene rings is 1. The van der Waals surface area contributed by atoms with E-state index in [2.05, 4.69) is 4.98 Å². The van der Waals surface area contributed by atoms with Gasteiger partial charge in [0.2, 0.25) is 0 Å². The summed E-state index contributed by atoms with van der Waals surface area (Å²) in [5.41, 5.74) is 7.20. The van der Waals surface area contributed by atoms with E-state index in [4.69, 9.17) is 5.73 Å². The van der Waals surface area contributed by atoms with E-state index in [0.717, 1.165) is 19.4 Å². The predicted octanol–water partition coefficient (Wildman–Crippen LogP) is 2.95. The minimum Gasteiger partial charge on any atom is -0.337 e. The van der Waals surface area contributed by atoms with Crippen molar-refractivity contribution < 1.29 is 9.72 Å². The molecule has 1 aromatic carbocycles. The van der Waals surface area contributed by atoms with Gasteiger partial charge in [-0.15, -0.1) is 23.7 Å². The van der Waals surface area contributed by atoms with Gasteiger partial charge >= 0.3 is 0 Å². The number of nitro groups is 1. The van der Waals surface area contributed by atoms with Crippen LogP contribution in [0.25, 0.3) is 10.6 Å². The van der Waals surface area contributed by atoms with Crippen LogP contribution < -0.4 is 5.73 Å².